The molecule has 0 unspecified atom stereocenters. The molecule has 0 amide bonds. The number of rotatable bonds is 3. The van der Waals surface area contributed by atoms with Crippen LogP contribution in [0, 0.1) is 0 Å². The molecule has 0 aliphatic carbocycles. The summed E-state index contributed by atoms with van der Waals surface area (Å²) in [5.74, 6) is 0.784. The summed E-state index contributed by atoms with van der Waals surface area (Å²) in [6.45, 7) is 2.07. The van der Waals surface area contributed by atoms with Crippen molar-refractivity contribution in [1.82, 2.24) is 9.88 Å². The van der Waals surface area contributed by atoms with Crippen LogP contribution < -0.4 is 0 Å². The highest BCUT2D eigenvalue weighted by Gasteiger charge is 2.50. The molecule has 0 saturated carbocycles. The first-order chi connectivity index (χ1) is 12.6. The minimum Gasteiger partial charge on any atom is -0.464 e. The van der Waals surface area contributed by atoms with Gasteiger partial charge in [-0.15, -0.1) is 0 Å². The molecule has 0 radical (unpaired) electrons. The lowest BCUT2D eigenvalue weighted by Gasteiger charge is -2.17. The fourth-order valence-corrected chi connectivity index (χ4v) is 6.39. The second-order valence-electron chi connectivity index (χ2n) is 6.97. The van der Waals surface area contributed by atoms with Gasteiger partial charge in [0.15, 0.2) is 9.84 Å². The Morgan fingerprint density at radius 1 is 1.12 bits per heavy atom. The van der Waals surface area contributed by atoms with Crippen LogP contribution in [-0.2, 0) is 16.4 Å². The summed E-state index contributed by atoms with van der Waals surface area (Å²) in [6, 6.07) is 13.3. The highest BCUT2D eigenvalue weighted by Crippen LogP contribution is 2.46. The van der Waals surface area contributed by atoms with Crippen molar-refractivity contribution in [1.29, 1.82) is 0 Å². The largest absolute Gasteiger partial charge is 0.464 e. The van der Waals surface area contributed by atoms with Crippen molar-refractivity contribution in [2.75, 3.05) is 13.1 Å². The van der Waals surface area contributed by atoms with Crippen LogP contribution in [0.15, 0.2) is 70.4 Å². The summed E-state index contributed by atoms with van der Waals surface area (Å²) in [5, 5.41) is -0.355. The van der Waals surface area contributed by atoms with Gasteiger partial charge in [-0.3, -0.25) is 9.88 Å². The molecule has 2 aromatic heterocycles. The Morgan fingerprint density at radius 2 is 1.96 bits per heavy atom. The molecule has 132 valence electrons. The maximum absolute atomic E-state index is 13.0. The molecule has 2 aliphatic heterocycles. The van der Waals surface area contributed by atoms with Crippen LogP contribution in [0.4, 0.5) is 0 Å². The Kier molecular flexibility index (Phi) is 3.52. The lowest BCUT2D eigenvalue weighted by atomic mass is 9.96. The van der Waals surface area contributed by atoms with Crippen LogP contribution in [0.1, 0.15) is 17.0 Å². The van der Waals surface area contributed by atoms with E-state index in [0.29, 0.717) is 11.4 Å². The van der Waals surface area contributed by atoms with E-state index in [9.17, 15) is 8.42 Å². The molecule has 3 aromatic rings. The zero-order chi connectivity index (χ0) is 17.7. The molecule has 6 heteroatoms. The van der Waals surface area contributed by atoms with E-state index in [1.807, 2.05) is 36.4 Å². The van der Waals surface area contributed by atoms with Gasteiger partial charge in [0.1, 0.15) is 5.76 Å². The quantitative estimate of drug-likeness (QED) is 0.713. The zero-order valence-electron chi connectivity index (χ0n) is 14.1. The molecule has 1 fully saturated rings. The van der Waals surface area contributed by atoms with Crippen molar-refractivity contribution >= 4 is 9.84 Å². The molecular formula is C20H18N2O3S. The van der Waals surface area contributed by atoms with Crippen LogP contribution in [-0.4, -0.2) is 36.6 Å². The minimum absolute atomic E-state index is 0.0201. The smallest absolute Gasteiger partial charge is 0.183 e. The van der Waals surface area contributed by atoms with Crippen molar-refractivity contribution < 1.29 is 12.8 Å². The molecule has 0 N–H and O–H groups in total. The highest BCUT2D eigenvalue weighted by atomic mass is 32.2. The van der Waals surface area contributed by atoms with Crippen molar-refractivity contribution in [2.24, 2.45) is 0 Å². The number of sulfone groups is 1. The van der Waals surface area contributed by atoms with Crippen molar-refractivity contribution in [3.8, 4) is 11.3 Å². The average molecular weight is 366 g/mol. The molecule has 1 aromatic carbocycles. The SMILES string of the molecule is O=S1(=O)c2ccc(-c3ccco3)cc2[C@@H]2CN(Cc3ccncc3)C[C@@H]21. The number of pyridine rings is 1. The van der Waals surface area contributed by atoms with E-state index >= 15 is 0 Å². The lowest BCUT2D eigenvalue weighted by molar-refractivity contribution is 0.325. The van der Waals surface area contributed by atoms with Crippen LogP contribution in [0.3, 0.4) is 0 Å². The molecule has 0 spiro atoms. The fourth-order valence-electron chi connectivity index (χ4n) is 4.20. The number of fused-ring (bicyclic) bond motifs is 3. The van der Waals surface area contributed by atoms with Gasteiger partial charge < -0.3 is 4.42 Å². The summed E-state index contributed by atoms with van der Waals surface area (Å²) >= 11 is 0. The molecule has 5 nitrogen and oxygen atoms in total. The predicted octanol–water partition coefficient (Wildman–Crippen LogP) is 3.10. The molecule has 4 heterocycles. The van der Waals surface area contributed by atoms with E-state index in [-0.39, 0.29) is 11.2 Å². The third-order valence-electron chi connectivity index (χ3n) is 5.42. The molecule has 26 heavy (non-hydrogen) atoms. The van der Waals surface area contributed by atoms with E-state index in [2.05, 4.69) is 9.88 Å². The van der Waals surface area contributed by atoms with E-state index in [0.717, 1.165) is 35.5 Å². The Morgan fingerprint density at radius 3 is 2.73 bits per heavy atom. The Hall–Kier alpha value is -2.44. The number of nitrogens with zero attached hydrogens (tertiary/aromatic N) is 2. The number of likely N-dealkylation sites (tertiary alicyclic amines) is 1. The minimum atomic E-state index is -3.28. The second-order valence-corrected chi connectivity index (χ2v) is 9.10. The van der Waals surface area contributed by atoms with Gasteiger partial charge in [-0.25, -0.2) is 8.42 Å². The first kappa shape index (κ1) is 15.8. The fraction of sp³-hybridized carbons (Fsp3) is 0.250. The molecule has 1 saturated heterocycles. The maximum Gasteiger partial charge on any atom is 0.183 e. The van der Waals surface area contributed by atoms with Gasteiger partial charge in [0, 0.05) is 43.5 Å². The standard InChI is InChI=1S/C20H18N2O3S/c23-26(24)19-4-3-15(18-2-1-9-25-18)10-16(19)17-12-22(13-20(17)26)11-14-5-7-21-8-6-14/h1-10,17,20H,11-13H2/t17-,20-/m0/s1. The average Bonchev–Trinajstić information content (AvgIpc) is 3.35. The Balaban J connectivity index is 1.49. The van der Waals surface area contributed by atoms with E-state index in [1.165, 1.54) is 0 Å². The van der Waals surface area contributed by atoms with E-state index in [1.54, 1.807) is 24.7 Å². The Bertz CT molecular complexity index is 1050. The topological polar surface area (TPSA) is 63.4 Å². The third-order valence-corrected chi connectivity index (χ3v) is 7.68. The molecule has 2 aliphatic rings. The van der Waals surface area contributed by atoms with Crippen LogP contribution in [0.25, 0.3) is 11.3 Å². The molecule has 5 rings (SSSR count). The first-order valence-electron chi connectivity index (χ1n) is 8.66. The molecule has 2 atom stereocenters. The number of benzene rings is 1. The van der Waals surface area contributed by atoms with Crippen LogP contribution >= 0.6 is 0 Å². The third kappa shape index (κ3) is 2.40. The maximum atomic E-state index is 13.0. The summed E-state index contributed by atoms with van der Waals surface area (Å²) in [6.07, 6.45) is 5.18. The number of aromatic nitrogens is 1. The van der Waals surface area contributed by atoms with Crippen molar-refractivity contribution in [3.05, 3.63) is 72.2 Å². The van der Waals surface area contributed by atoms with E-state index in [4.69, 9.17) is 4.42 Å². The number of furan rings is 1. The monoisotopic (exact) mass is 366 g/mol. The Labute approximate surface area is 152 Å². The van der Waals surface area contributed by atoms with Gasteiger partial charge in [0.05, 0.1) is 16.4 Å². The molecular weight excluding hydrogens is 348 g/mol. The number of hydrogen-bond donors (Lipinski definition) is 0. The van der Waals surface area contributed by atoms with Crippen molar-refractivity contribution in [2.45, 2.75) is 22.6 Å². The van der Waals surface area contributed by atoms with Crippen molar-refractivity contribution in [3.63, 3.8) is 0 Å². The lowest BCUT2D eigenvalue weighted by Crippen LogP contribution is -2.25. The van der Waals surface area contributed by atoms with E-state index < -0.39 is 9.84 Å². The first-order valence-corrected chi connectivity index (χ1v) is 10.2. The highest BCUT2D eigenvalue weighted by molar-refractivity contribution is 7.92. The summed E-state index contributed by atoms with van der Waals surface area (Å²) in [5.41, 5.74) is 3.01. The predicted molar refractivity (Wildman–Crippen MR) is 97.4 cm³/mol. The normalized spacial score (nSPS) is 23.7. The molecule has 0 bridgehead atoms. The van der Waals surface area contributed by atoms with Gasteiger partial charge in [-0.2, -0.15) is 0 Å². The van der Waals surface area contributed by atoms with Gasteiger partial charge in [-0.05, 0) is 53.6 Å². The van der Waals surface area contributed by atoms with Crippen LogP contribution in [0.5, 0.6) is 0 Å². The second kappa shape index (κ2) is 5.79. The summed E-state index contributed by atoms with van der Waals surface area (Å²) < 4.78 is 31.5. The van der Waals surface area contributed by atoms with Gasteiger partial charge in [0.2, 0.25) is 0 Å². The van der Waals surface area contributed by atoms with Gasteiger partial charge >= 0.3 is 0 Å². The van der Waals surface area contributed by atoms with Gasteiger partial charge in [-0.1, -0.05) is 0 Å². The summed E-state index contributed by atoms with van der Waals surface area (Å²) in [7, 11) is -3.28. The number of hydrogen-bond acceptors (Lipinski definition) is 5. The zero-order valence-corrected chi connectivity index (χ0v) is 14.9. The van der Waals surface area contributed by atoms with Crippen LogP contribution in [0.2, 0.25) is 0 Å². The summed E-state index contributed by atoms with van der Waals surface area (Å²) in [4.78, 5) is 6.76. The van der Waals surface area contributed by atoms with Gasteiger partial charge in [0.25, 0.3) is 0 Å².